The number of hydrogen-bond donors (Lipinski definition) is 2. The first-order valence-corrected chi connectivity index (χ1v) is 5.71. The maximum absolute atomic E-state index is 10.9. The summed E-state index contributed by atoms with van der Waals surface area (Å²) in [4.78, 5) is -0.303. The predicted octanol–water partition coefficient (Wildman–Crippen LogP) is 1.82. The summed E-state index contributed by atoms with van der Waals surface area (Å²) in [5.74, 6) is 0. The molecule has 4 nitrogen and oxygen atoms in total. The number of benzene rings is 1. The van der Waals surface area contributed by atoms with Gasteiger partial charge >= 0.3 is 0 Å². The number of hydrogen-bond acceptors (Lipinski definition) is 3. The number of nitrogens with two attached hydrogens (primary N) is 1. The Balaban J connectivity index is 3.37. The van der Waals surface area contributed by atoms with Crippen LogP contribution in [0.25, 0.3) is 0 Å². The fourth-order valence-corrected chi connectivity index (χ4v) is 1.81. The first-order valence-electron chi connectivity index (χ1n) is 3.83. The molecule has 0 amide bonds. The van der Waals surface area contributed by atoms with Crippen molar-refractivity contribution in [2.45, 2.75) is 17.2 Å². The Kier molecular flexibility index (Phi) is 3.04. The second-order valence-corrected chi connectivity index (χ2v) is 4.93. The third-order valence-electron chi connectivity index (χ3n) is 1.77. The second kappa shape index (κ2) is 3.76. The summed E-state index contributed by atoms with van der Waals surface area (Å²) in [6, 6.07) is 4.28. The van der Waals surface area contributed by atoms with Crippen molar-refractivity contribution in [3.63, 3.8) is 0 Å². The fourth-order valence-electron chi connectivity index (χ4n) is 1.02. The maximum Gasteiger partial charge on any atom is 0.296 e. The summed E-state index contributed by atoms with van der Waals surface area (Å²) >= 11 is 5.76. The molecular formula is C8H10ClNO3S. The zero-order chi connectivity index (χ0) is 10.9. The number of anilines is 1. The minimum absolute atomic E-state index is 0.00793. The van der Waals surface area contributed by atoms with Crippen LogP contribution in [0.2, 0.25) is 0 Å². The van der Waals surface area contributed by atoms with E-state index >= 15 is 0 Å². The van der Waals surface area contributed by atoms with Crippen molar-refractivity contribution >= 4 is 27.4 Å². The lowest BCUT2D eigenvalue weighted by atomic mass is 10.1. The highest BCUT2D eigenvalue weighted by molar-refractivity contribution is 7.86. The van der Waals surface area contributed by atoms with Gasteiger partial charge in [-0.3, -0.25) is 4.55 Å². The van der Waals surface area contributed by atoms with Crippen LogP contribution in [0.4, 0.5) is 5.69 Å². The summed E-state index contributed by atoms with van der Waals surface area (Å²) in [5, 5.41) is -0.337. The summed E-state index contributed by atoms with van der Waals surface area (Å²) in [6.45, 7) is 1.70. The van der Waals surface area contributed by atoms with Crippen molar-refractivity contribution in [2.75, 3.05) is 5.73 Å². The van der Waals surface area contributed by atoms with Crippen LogP contribution in [0, 0.1) is 0 Å². The number of nitrogen functional groups attached to an aromatic ring is 1. The lowest BCUT2D eigenvalue weighted by molar-refractivity contribution is 0.483. The molecule has 1 atom stereocenters. The molecule has 6 heteroatoms. The standard InChI is InChI=1S/C8H10ClNO3S/c1-5(9)6-2-3-7(10)8(4-6)14(11,12)13/h2-5H,10H2,1H3,(H,11,12,13). The smallest absolute Gasteiger partial charge is 0.296 e. The average molecular weight is 236 g/mol. The van der Waals surface area contributed by atoms with Crippen molar-refractivity contribution in [1.82, 2.24) is 0 Å². The minimum Gasteiger partial charge on any atom is -0.398 e. The van der Waals surface area contributed by atoms with Crippen LogP contribution in [-0.4, -0.2) is 13.0 Å². The molecule has 1 aromatic carbocycles. The molecule has 1 rings (SSSR count). The number of rotatable bonds is 2. The highest BCUT2D eigenvalue weighted by Crippen LogP contribution is 2.26. The van der Waals surface area contributed by atoms with E-state index in [0.29, 0.717) is 5.56 Å². The van der Waals surface area contributed by atoms with Gasteiger partial charge in [-0.25, -0.2) is 0 Å². The second-order valence-electron chi connectivity index (χ2n) is 2.89. The number of halogens is 1. The third-order valence-corrected chi connectivity index (χ3v) is 2.94. The van der Waals surface area contributed by atoms with Crippen molar-refractivity contribution < 1.29 is 13.0 Å². The van der Waals surface area contributed by atoms with E-state index in [2.05, 4.69) is 0 Å². The van der Waals surface area contributed by atoms with Crippen molar-refractivity contribution in [3.05, 3.63) is 23.8 Å². The van der Waals surface area contributed by atoms with E-state index in [1.807, 2.05) is 0 Å². The lowest BCUT2D eigenvalue weighted by Crippen LogP contribution is -2.04. The van der Waals surface area contributed by atoms with Gasteiger partial charge in [-0.05, 0) is 24.6 Å². The molecule has 0 aliphatic heterocycles. The quantitative estimate of drug-likeness (QED) is 0.466. The highest BCUT2D eigenvalue weighted by Gasteiger charge is 2.15. The number of alkyl halides is 1. The molecule has 0 bridgehead atoms. The van der Waals surface area contributed by atoms with Crippen molar-refractivity contribution in [3.8, 4) is 0 Å². The molecule has 0 aliphatic carbocycles. The molecule has 78 valence electrons. The van der Waals surface area contributed by atoms with Gasteiger partial charge < -0.3 is 5.73 Å². The predicted molar refractivity (Wildman–Crippen MR) is 54.9 cm³/mol. The Morgan fingerprint density at radius 1 is 1.50 bits per heavy atom. The molecule has 0 saturated heterocycles. The van der Waals surface area contributed by atoms with Gasteiger partial charge in [-0.2, -0.15) is 8.42 Å². The highest BCUT2D eigenvalue weighted by atomic mass is 35.5. The first kappa shape index (κ1) is 11.3. The largest absolute Gasteiger partial charge is 0.398 e. The molecule has 1 unspecified atom stereocenters. The average Bonchev–Trinajstić information content (AvgIpc) is 2.02. The molecule has 0 aliphatic rings. The Bertz CT molecular complexity index is 442. The van der Waals surface area contributed by atoms with Crippen LogP contribution in [0.3, 0.4) is 0 Å². The van der Waals surface area contributed by atoms with Crippen LogP contribution >= 0.6 is 11.6 Å². The monoisotopic (exact) mass is 235 g/mol. The van der Waals surface area contributed by atoms with Gasteiger partial charge in [0, 0.05) is 0 Å². The lowest BCUT2D eigenvalue weighted by Gasteiger charge is -2.07. The Hall–Kier alpha value is -0.780. The normalized spacial score (nSPS) is 13.9. The third kappa shape index (κ3) is 2.37. The van der Waals surface area contributed by atoms with Gasteiger partial charge in [0.1, 0.15) is 4.90 Å². The Labute approximate surface area is 87.4 Å². The van der Waals surface area contributed by atoms with E-state index in [1.165, 1.54) is 12.1 Å². The topological polar surface area (TPSA) is 80.4 Å². The van der Waals surface area contributed by atoms with E-state index in [1.54, 1.807) is 13.0 Å². The van der Waals surface area contributed by atoms with Gasteiger partial charge in [0.25, 0.3) is 10.1 Å². The summed E-state index contributed by atoms with van der Waals surface area (Å²) in [7, 11) is -4.27. The first-order chi connectivity index (χ1) is 6.32. The Morgan fingerprint density at radius 2 is 2.07 bits per heavy atom. The van der Waals surface area contributed by atoms with E-state index < -0.39 is 10.1 Å². The van der Waals surface area contributed by atoms with Crippen LogP contribution < -0.4 is 5.73 Å². The molecule has 0 heterocycles. The molecule has 0 saturated carbocycles. The SMILES string of the molecule is CC(Cl)c1ccc(N)c(S(=O)(=O)O)c1. The van der Waals surface area contributed by atoms with Crippen LogP contribution in [0.1, 0.15) is 17.9 Å². The molecule has 3 N–H and O–H groups in total. The van der Waals surface area contributed by atoms with Gasteiger partial charge in [-0.1, -0.05) is 6.07 Å². The molecule has 0 aromatic heterocycles. The van der Waals surface area contributed by atoms with Crippen LogP contribution in [-0.2, 0) is 10.1 Å². The van der Waals surface area contributed by atoms with Crippen molar-refractivity contribution in [1.29, 1.82) is 0 Å². The van der Waals surface area contributed by atoms with E-state index in [4.69, 9.17) is 21.9 Å². The molecule has 0 radical (unpaired) electrons. The molecule has 1 aromatic rings. The van der Waals surface area contributed by atoms with Gasteiger partial charge in [-0.15, -0.1) is 11.6 Å². The van der Waals surface area contributed by atoms with Gasteiger partial charge in [0.2, 0.25) is 0 Å². The van der Waals surface area contributed by atoms with E-state index in [-0.39, 0.29) is 16.0 Å². The zero-order valence-corrected chi connectivity index (χ0v) is 9.01. The zero-order valence-electron chi connectivity index (χ0n) is 7.44. The molecule has 0 fully saturated rings. The van der Waals surface area contributed by atoms with Crippen LogP contribution in [0.5, 0.6) is 0 Å². The molecular weight excluding hydrogens is 226 g/mol. The maximum atomic E-state index is 10.9. The molecule has 14 heavy (non-hydrogen) atoms. The summed E-state index contributed by atoms with van der Waals surface area (Å²) in [6.07, 6.45) is 0. The van der Waals surface area contributed by atoms with E-state index in [0.717, 1.165) is 0 Å². The minimum atomic E-state index is -4.27. The fraction of sp³-hybridized carbons (Fsp3) is 0.250. The van der Waals surface area contributed by atoms with Gasteiger partial charge in [0.05, 0.1) is 11.1 Å². The molecule has 0 spiro atoms. The van der Waals surface area contributed by atoms with Crippen LogP contribution in [0.15, 0.2) is 23.1 Å². The summed E-state index contributed by atoms with van der Waals surface area (Å²) in [5.41, 5.74) is 5.99. The van der Waals surface area contributed by atoms with E-state index in [9.17, 15) is 8.42 Å². The summed E-state index contributed by atoms with van der Waals surface area (Å²) < 4.78 is 30.5. The Morgan fingerprint density at radius 3 is 2.50 bits per heavy atom. The van der Waals surface area contributed by atoms with Gasteiger partial charge in [0.15, 0.2) is 0 Å². The van der Waals surface area contributed by atoms with Crippen molar-refractivity contribution in [2.24, 2.45) is 0 Å².